The fourth-order valence-corrected chi connectivity index (χ4v) is 4.44. The maximum atomic E-state index is 6.19. The van der Waals surface area contributed by atoms with Crippen LogP contribution in [0.15, 0.2) is 42.7 Å². The van der Waals surface area contributed by atoms with Crippen LogP contribution in [0.4, 0.5) is 11.5 Å². The molecule has 1 saturated heterocycles. The Hall–Kier alpha value is -2.77. The van der Waals surface area contributed by atoms with Gasteiger partial charge in [0.2, 0.25) is 0 Å². The van der Waals surface area contributed by atoms with Gasteiger partial charge >= 0.3 is 0 Å². The largest absolute Gasteiger partial charge is 0.378 e. The number of nitrogens with one attached hydrogen (secondary N) is 1. The molecule has 5 rings (SSSR count). The molecule has 0 amide bonds. The first-order chi connectivity index (χ1) is 14.8. The molecule has 1 saturated carbocycles. The quantitative estimate of drug-likeness (QED) is 0.690. The maximum Gasteiger partial charge on any atom is 0.155 e. The molecule has 1 aliphatic carbocycles. The predicted molar refractivity (Wildman–Crippen MR) is 120 cm³/mol. The van der Waals surface area contributed by atoms with E-state index in [9.17, 15) is 0 Å². The van der Waals surface area contributed by atoms with Crippen molar-refractivity contribution in [3.8, 4) is 11.3 Å². The van der Waals surface area contributed by atoms with Gasteiger partial charge < -0.3 is 20.7 Å². The van der Waals surface area contributed by atoms with E-state index < -0.39 is 0 Å². The Morgan fingerprint density at radius 3 is 2.63 bits per heavy atom. The molecule has 0 radical (unpaired) electrons. The van der Waals surface area contributed by atoms with E-state index in [0.29, 0.717) is 6.04 Å². The van der Waals surface area contributed by atoms with Crippen LogP contribution in [0.3, 0.4) is 0 Å². The van der Waals surface area contributed by atoms with Crippen molar-refractivity contribution in [1.29, 1.82) is 0 Å². The molecule has 1 aliphatic heterocycles. The van der Waals surface area contributed by atoms with Crippen LogP contribution in [0.5, 0.6) is 0 Å². The third-order valence-electron chi connectivity index (χ3n) is 6.05. The minimum atomic E-state index is 0.254. The lowest BCUT2D eigenvalue weighted by Gasteiger charge is -2.29. The summed E-state index contributed by atoms with van der Waals surface area (Å²) in [4.78, 5) is 16.4. The van der Waals surface area contributed by atoms with Crippen LogP contribution in [0, 0.1) is 0 Å². The van der Waals surface area contributed by atoms with Crippen LogP contribution in [0.25, 0.3) is 22.3 Å². The van der Waals surface area contributed by atoms with Gasteiger partial charge in [-0.3, -0.25) is 4.98 Å². The van der Waals surface area contributed by atoms with E-state index in [4.69, 9.17) is 15.5 Å². The molecule has 156 valence electrons. The van der Waals surface area contributed by atoms with Crippen molar-refractivity contribution < 1.29 is 4.74 Å². The summed E-state index contributed by atoms with van der Waals surface area (Å²) in [7, 11) is 0. The molecule has 2 fully saturated rings. The molecule has 1 aromatic carbocycles. The van der Waals surface area contributed by atoms with Gasteiger partial charge in [0.15, 0.2) is 5.82 Å². The monoisotopic (exact) mass is 404 g/mol. The molecule has 7 heteroatoms. The van der Waals surface area contributed by atoms with Crippen molar-refractivity contribution >= 4 is 22.5 Å². The van der Waals surface area contributed by atoms with Gasteiger partial charge in [0.05, 0.1) is 24.4 Å². The van der Waals surface area contributed by atoms with E-state index in [1.807, 2.05) is 6.07 Å². The van der Waals surface area contributed by atoms with Gasteiger partial charge in [-0.15, -0.1) is 0 Å². The Morgan fingerprint density at radius 2 is 1.83 bits per heavy atom. The van der Waals surface area contributed by atoms with Crippen LogP contribution in [-0.4, -0.2) is 53.3 Å². The van der Waals surface area contributed by atoms with Crippen molar-refractivity contribution in [2.45, 2.75) is 37.8 Å². The summed E-state index contributed by atoms with van der Waals surface area (Å²) in [5, 5.41) is 3.61. The van der Waals surface area contributed by atoms with Crippen molar-refractivity contribution in [1.82, 2.24) is 15.0 Å². The average molecular weight is 405 g/mol. The number of ether oxygens (including phenoxy) is 1. The zero-order valence-electron chi connectivity index (χ0n) is 17.1. The smallest absolute Gasteiger partial charge is 0.155 e. The minimum absolute atomic E-state index is 0.254. The van der Waals surface area contributed by atoms with Crippen LogP contribution in [0.1, 0.15) is 25.7 Å². The molecule has 2 aromatic heterocycles. The Balaban J connectivity index is 1.45. The first kappa shape index (κ1) is 19.2. The molecule has 0 bridgehead atoms. The number of benzene rings is 1. The van der Waals surface area contributed by atoms with E-state index in [0.717, 1.165) is 80.1 Å². The molecule has 2 atom stereocenters. The molecule has 0 spiro atoms. The zero-order valence-corrected chi connectivity index (χ0v) is 17.1. The van der Waals surface area contributed by atoms with E-state index in [1.54, 1.807) is 12.4 Å². The third kappa shape index (κ3) is 4.08. The Bertz CT molecular complexity index is 1000. The van der Waals surface area contributed by atoms with Gasteiger partial charge in [-0.2, -0.15) is 0 Å². The van der Waals surface area contributed by atoms with Gasteiger partial charge in [0.25, 0.3) is 0 Å². The average Bonchev–Trinajstić information content (AvgIpc) is 2.80. The predicted octanol–water partition coefficient (Wildman–Crippen LogP) is 3.21. The second-order valence-corrected chi connectivity index (χ2v) is 8.19. The van der Waals surface area contributed by atoms with Crippen molar-refractivity contribution in [2.75, 3.05) is 36.5 Å². The van der Waals surface area contributed by atoms with Crippen molar-refractivity contribution in [2.24, 2.45) is 5.73 Å². The number of morpholine rings is 1. The second-order valence-electron chi connectivity index (χ2n) is 8.19. The summed E-state index contributed by atoms with van der Waals surface area (Å²) in [6.07, 6.45) is 7.76. The first-order valence-corrected chi connectivity index (χ1v) is 10.8. The number of pyridine rings is 1. The fraction of sp³-hybridized carbons (Fsp3) is 0.435. The molecular weight excluding hydrogens is 376 g/mol. The number of nitrogens with zero attached hydrogens (tertiary/aromatic N) is 4. The van der Waals surface area contributed by atoms with Crippen LogP contribution < -0.4 is 16.0 Å². The first-order valence-electron chi connectivity index (χ1n) is 10.8. The second kappa shape index (κ2) is 8.53. The molecule has 3 heterocycles. The summed E-state index contributed by atoms with van der Waals surface area (Å²) in [5.41, 5.74) is 11.0. The zero-order chi connectivity index (χ0) is 20.3. The van der Waals surface area contributed by atoms with Crippen LogP contribution >= 0.6 is 0 Å². The molecular formula is C23H28N6O. The highest BCUT2D eigenvalue weighted by Gasteiger charge is 2.21. The molecule has 30 heavy (non-hydrogen) atoms. The SMILES string of the molecule is NC1CCCC(Nc2nc(-c3ccc(N4CCOCC4)cc3)cc3nccnc23)C1. The van der Waals surface area contributed by atoms with Gasteiger partial charge in [0.1, 0.15) is 5.52 Å². The number of aromatic nitrogens is 3. The molecule has 2 aliphatic rings. The Labute approximate surface area is 176 Å². The lowest BCUT2D eigenvalue weighted by atomic mass is 9.91. The van der Waals surface area contributed by atoms with Crippen molar-refractivity contribution in [3.63, 3.8) is 0 Å². The van der Waals surface area contributed by atoms with E-state index in [-0.39, 0.29) is 6.04 Å². The highest BCUT2D eigenvalue weighted by molar-refractivity contribution is 5.88. The Kier molecular flexibility index (Phi) is 5.46. The molecule has 3 aromatic rings. The van der Waals surface area contributed by atoms with E-state index in [1.165, 1.54) is 5.69 Å². The van der Waals surface area contributed by atoms with Gasteiger partial charge in [-0.25, -0.2) is 9.97 Å². The van der Waals surface area contributed by atoms with Gasteiger partial charge in [-0.05, 0) is 43.9 Å². The lowest BCUT2D eigenvalue weighted by molar-refractivity contribution is 0.122. The Morgan fingerprint density at radius 1 is 1.03 bits per heavy atom. The fourth-order valence-electron chi connectivity index (χ4n) is 4.44. The van der Waals surface area contributed by atoms with Crippen molar-refractivity contribution in [3.05, 3.63) is 42.7 Å². The lowest BCUT2D eigenvalue weighted by Crippen LogP contribution is -2.36. The van der Waals surface area contributed by atoms with Gasteiger partial charge in [-0.1, -0.05) is 12.1 Å². The molecule has 7 nitrogen and oxygen atoms in total. The number of anilines is 2. The minimum Gasteiger partial charge on any atom is -0.378 e. The summed E-state index contributed by atoms with van der Waals surface area (Å²) < 4.78 is 5.46. The van der Waals surface area contributed by atoms with E-state index >= 15 is 0 Å². The summed E-state index contributed by atoms with van der Waals surface area (Å²) in [6, 6.07) is 11.2. The number of fused-ring (bicyclic) bond motifs is 1. The van der Waals surface area contributed by atoms with Crippen LogP contribution in [0.2, 0.25) is 0 Å². The third-order valence-corrected chi connectivity index (χ3v) is 6.05. The topological polar surface area (TPSA) is 89.2 Å². The van der Waals surface area contributed by atoms with E-state index in [2.05, 4.69) is 44.5 Å². The van der Waals surface area contributed by atoms with Crippen LogP contribution in [-0.2, 0) is 4.74 Å². The normalized spacial score (nSPS) is 22.2. The standard InChI is InChI=1S/C23H28N6O/c24-17-2-1-3-18(14-17)27-23-22-21(25-8-9-26-22)15-20(28-23)16-4-6-19(7-5-16)29-10-12-30-13-11-29/h4-9,15,17-18H,1-3,10-14,24H2,(H,27,28). The highest BCUT2D eigenvalue weighted by Crippen LogP contribution is 2.29. The number of nitrogens with two attached hydrogens (primary N) is 1. The maximum absolute atomic E-state index is 6.19. The number of rotatable bonds is 4. The van der Waals surface area contributed by atoms with Gasteiger partial charge in [0, 0.05) is 48.8 Å². The highest BCUT2D eigenvalue weighted by atomic mass is 16.5. The summed E-state index contributed by atoms with van der Waals surface area (Å²) in [5.74, 6) is 0.798. The summed E-state index contributed by atoms with van der Waals surface area (Å²) in [6.45, 7) is 3.43. The molecule has 3 N–H and O–H groups in total. The number of hydrogen-bond acceptors (Lipinski definition) is 7. The summed E-state index contributed by atoms with van der Waals surface area (Å²) >= 11 is 0. The number of hydrogen-bond donors (Lipinski definition) is 2. The molecule has 2 unspecified atom stereocenters.